The van der Waals surface area contributed by atoms with Gasteiger partial charge in [-0.15, -0.1) is 0 Å². The van der Waals surface area contributed by atoms with Gasteiger partial charge in [0.1, 0.15) is 0 Å². The maximum absolute atomic E-state index is 10.9. The molecule has 0 heterocycles. The van der Waals surface area contributed by atoms with Crippen LogP contribution in [0.25, 0.3) is 0 Å². The first kappa shape index (κ1) is 12.0. The number of hydrogen-bond acceptors (Lipinski definition) is 3. The van der Waals surface area contributed by atoms with Gasteiger partial charge in [-0.25, -0.2) is 10.2 Å². The molecule has 1 rings (SSSR count). The largest absolute Gasteiger partial charge is 0.449 e. The highest BCUT2D eigenvalue weighted by Crippen LogP contribution is 2.05. The van der Waals surface area contributed by atoms with Crippen LogP contribution in [0.5, 0.6) is 0 Å². The summed E-state index contributed by atoms with van der Waals surface area (Å²) in [6.07, 6.45) is 1.03. The van der Waals surface area contributed by atoms with E-state index in [1.165, 1.54) is 0 Å². The van der Waals surface area contributed by atoms with Crippen LogP contribution in [0, 0.1) is 3.57 Å². The first-order valence-corrected chi connectivity index (χ1v) is 5.51. The van der Waals surface area contributed by atoms with E-state index in [2.05, 4.69) is 37.9 Å². The molecule has 0 saturated heterocycles. The second-order valence-corrected chi connectivity index (χ2v) is 3.89. The van der Waals surface area contributed by atoms with Crippen LogP contribution >= 0.6 is 22.6 Å². The van der Waals surface area contributed by atoms with E-state index in [9.17, 15) is 4.79 Å². The third-order valence-corrected chi connectivity index (χ3v) is 2.16. The summed E-state index contributed by atoms with van der Waals surface area (Å²) in [6, 6.07) is 7.76. The Hall–Kier alpha value is -1.11. The van der Waals surface area contributed by atoms with Crippen molar-refractivity contribution >= 4 is 34.9 Å². The molecule has 0 aromatic heterocycles. The van der Waals surface area contributed by atoms with Crippen LogP contribution < -0.4 is 5.43 Å². The Labute approximate surface area is 102 Å². The van der Waals surface area contributed by atoms with Crippen LogP contribution in [0.1, 0.15) is 12.5 Å². The third-order valence-electron chi connectivity index (χ3n) is 1.49. The summed E-state index contributed by atoms with van der Waals surface area (Å²) in [5.74, 6) is 0. The molecular formula is C10H11IN2O2. The number of rotatable bonds is 3. The number of benzene rings is 1. The molecule has 0 unspecified atom stereocenters. The van der Waals surface area contributed by atoms with E-state index >= 15 is 0 Å². The van der Waals surface area contributed by atoms with E-state index in [0.717, 1.165) is 9.13 Å². The molecule has 1 aromatic rings. The summed E-state index contributed by atoms with van der Waals surface area (Å²) in [4.78, 5) is 10.9. The van der Waals surface area contributed by atoms with Crippen molar-refractivity contribution in [3.63, 3.8) is 0 Å². The molecule has 0 aliphatic rings. The van der Waals surface area contributed by atoms with Gasteiger partial charge in [-0.05, 0) is 47.2 Å². The predicted molar refractivity (Wildman–Crippen MR) is 66.9 cm³/mol. The SMILES string of the molecule is CCOC(=O)N/N=C\c1cccc(I)c1. The first-order valence-electron chi connectivity index (χ1n) is 4.43. The molecule has 0 aliphatic carbocycles. The molecule has 0 bridgehead atoms. The molecule has 5 heteroatoms. The van der Waals surface area contributed by atoms with E-state index < -0.39 is 6.09 Å². The lowest BCUT2D eigenvalue weighted by Gasteiger charge is -1.98. The van der Waals surface area contributed by atoms with E-state index in [-0.39, 0.29) is 0 Å². The molecule has 1 amide bonds. The van der Waals surface area contributed by atoms with Crippen molar-refractivity contribution in [2.24, 2.45) is 5.10 Å². The molecule has 1 N–H and O–H groups in total. The van der Waals surface area contributed by atoms with Gasteiger partial charge < -0.3 is 4.74 Å². The predicted octanol–water partition coefficient (Wildman–Crippen LogP) is 2.37. The monoisotopic (exact) mass is 318 g/mol. The Kier molecular flexibility index (Phi) is 5.09. The average molecular weight is 318 g/mol. The van der Waals surface area contributed by atoms with Crippen molar-refractivity contribution in [2.75, 3.05) is 6.61 Å². The van der Waals surface area contributed by atoms with Crippen molar-refractivity contribution < 1.29 is 9.53 Å². The quantitative estimate of drug-likeness (QED) is 0.528. The summed E-state index contributed by atoms with van der Waals surface area (Å²) in [7, 11) is 0. The Morgan fingerprint density at radius 1 is 1.67 bits per heavy atom. The third kappa shape index (κ3) is 4.78. The van der Waals surface area contributed by atoms with Gasteiger partial charge in [0.15, 0.2) is 0 Å². The smallest absolute Gasteiger partial charge is 0.427 e. The molecule has 0 fully saturated rings. The number of nitrogens with one attached hydrogen (secondary N) is 1. The fourth-order valence-corrected chi connectivity index (χ4v) is 1.48. The van der Waals surface area contributed by atoms with Crippen LogP contribution in [0.3, 0.4) is 0 Å². The Balaban J connectivity index is 2.48. The lowest BCUT2D eigenvalue weighted by molar-refractivity contribution is 0.152. The average Bonchev–Trinajstić information content (AvgIpc) is 2.18. The van der Waals surface area contributed by atoms with E-state index in [1.54, 1.807) is 13.1 Å². The van der Waals surface area contributed by atoms with Gasteiger partial charge in [0.2, 0.25) is 0 Å². The number of hydrogen-bond donors (Lipinski definition) is 1. The number of hydrazone groups is 1. The van der Waals surface area contributed by atoms with Crippen molar-refractivity contribution in [1.82, 2.24) is 5.43 Å². The Morgan fingerprint density at radius 2 is 2.47 bits per heavy atom. The topological polar surface area (TPSA) is 50.7 Å². The minimum absolute atomic E-state index is 0.338. The summed E-state index contributed by atoms with van der Waals surface area (Å²) < 4.78 is 5.76. The summed E-state index contributed by atoms with van der Waals surface area (Å²) in [6.45, 7) is 2.08. The highest BCUT2D eigenvalue weighted by molar-refractivity contribution is 14.1. The van der Waals surface area contributed by atoms with Crippen LogP contribution in [0.2, 0.25) is 0 Å². The second-order valence-electron chi connectivity index (χ2n) is 2.65. The van der Waals surface area contributed by atoms with Gasteiger partial charge >= 0.3 is 6.09 Å². The number of ether oxygens (including phenoxy) is 1. The zero-order valence-electron chi connectivity index (χ0n) is 8.24. The first-order chi connectivity index (χ1) is 7.22. The Morgan fingerprint density at radius 3 is 3.13 bits per heavy atom. The molecule has 0 aliphatic heterocycles. The molecule has 0 spiro atoms. The van der Waals surface area contributed by atoms with Gasteiger partial charge in [-0.2, -0.15) is 5.10 Å². The molecule has 0 saturated carbocycles. The van der Waals surface area contributed by atoms with Crippen molar-refractivity contribution in [1.29, 1.82) is 0 Å². The maximum atomic E-state index is 10.9. The fourth-order valence-electron chi connectivity index (χ4n) is 0.910. The molecule has 0 atom stereocenters. The minimum Gasteiger partial charge on any atom is -0.449 e. The van der Waals surface area contributed by atoms with E-state index in [4.69, 9.17) is 0 Å². The van der Waals surface area contributed by atoms with Gasteiger partial charge in [0, 0.05) is 3.57 Å². The molecule has 80 valence electrons. The van der Waals surface area contributed by atoms with Crippen LogP contribution in [-0.4, -0.2) is 18.9 Å². The molecular weight excluding hydrogens is 307 g/mol. The van der Waals surface area contributed by atoms with Gasteiger partial charge in [-0.3, -0.25) is 0 Å². The second kappa shape index (κ2) is 6.39. The number of carbonyl (C=O) groups excluding carboxylic acids is 1. The van der Waals surface area contributed by atoms with Crippen LogP contribution in [0.15, 0.2) is 29.4 Å². The molecule has 0 radical (unpaired) electrons. The lowest BCUT2D eigenvalue weighted by atomic mass is 10.2. The number of nitrogens with zero attached hydrogens (tertiary/aromatic N) is 1. The van der Waals surface area contributed by atoms with Gasteiger partial charge in [0.25, 0.3) is 0 Å². The maximum Gasteiger partial charge on any atom is 0.427 e. The lowest BCUT2D eigenvalue weighted by Crippen LogP contribution is -2.18. The molecule has 15 heavy (non-hydrogen) atoms. The normalized spacial score (nSPS) is 10.3. The fraction of sp³-hybridized carbons (Fsp3) is 0.200. The number of carbonyl (C=O) groups is 1. The van der Waals surface area contributed by atoms with E-state index in [1.807, 2.05) is 24.3 Å². The molecule has 4 nitrogen and oxygen atoms in total. The standard InChI is InChI=1S/C10H11IN2O2/c1-2-15-10(14)13-12-7-8-4-3-5-9(11)6-8/h3-7H,2H2,1H3,(H,13,14)/b12-7-. The van der Waals surface area contributed by atoms with Crippen molar-refractivity contribution in [3.8, 4) is 0 Å². The highest BCUT2D eigenvalue weighted by Gasteiger charge is 1.95. The number of amides is 1. The Bertz CT molecular complexity index is 366. The van der Waals surface area contributed by atoms with Crippen LogP contribution in [-0.2, 0) is 4.74 Å². The van der Waals surface area contributed by atoms with Gasteiger partial charge in [-0.1, -0.05) is 12.1 Å². The van der Waals surface area contributed by atoms with Crippen molar-refractivity contribution in [2.45, 2.75) is 6.92 Å². The summed E-state index contributed by atoms with van der Waals surface area (Å²) in [5.41, 5.74) is 3.19. The molecule has 1 aromatic carbocycles. The minimum atomic E-state index is -0.542. The highest BCUT2D eigenvalue weighted by atomic mass is 127. The number of halogens is 1. The zero-order chi connectivity index (χ0) is 11.1. The van der Waals surface area contributed by atoms with Gasteiger partial charge in [0.05, 0.1) is 12.8 Å². The summed E-state index contributed by atoms with van der Waals surface area (Å²) >= 11 is 2.21. The van der Waals surface area contributed by atoms with E-state index in [0.29, 0.717) is 6.61 Å². The zero-order valence-corrected chi connectivity index (χ0v) is 10.4. The van der Waals surface area contributed by atoms with Crippen molar-refractivity contribution in [3.05, 3.63) is 33.4 Å². The summed E-state index contributed by atoms with van der Waals surface area (Å²) in [5, 5.41) is 3.75. The van der Waals surface area contributed by atoms with Crippen LogP contribution in [0.4, 0.5) is 4.79 Å².